The number of phenolic OH excluding ortho intramolecular Hbond substituents is 1. The Morgan fingerprint density at radius 2 is 1.67 bits per heavy atom. The Kier molecular flexibility index (Phi) is 5.96. The van der Waals surface area contributed by atoms with E-state index in [4.69, 9.17) is 0 Å². The summed E-state index contributed by atoms with van der Waals surface area (Å²) < 4.78 is 39.1. The molecule has 1 fully saturated rings. The molecule has 0 saturated carbocycles. The van der Waals surface area contributed by atoms with Gasteiger partial charge in [-0.1, -0.05) is 18.2 Å². The molecule has 7 heteroatoms. The minimum Gasteiger partial charge on any atom is -0.508 e. The highest BCUT2D eigenvalue weighted by atomic mass is 35.5. The lowest BCUT2D eigenvalue weighted by molar-refractivity contribution is -0.148. The van der Waals surface area contributed by atoms with Crippen LogP contribution in [0.4, 0.5) is 13.2 Å². The highest BCUT2D eigenvalue weighted by Gasteiger charge is 2.35. The number of phenols is 1. The summed E-state index contributed by atoms with van der Waals surface area (Å²) in [6.07, 6.45) is -5.06. The molecule has 0 aliphatic carbocycles. The van der Waals surface area contributed by atoms with Gasteiger partial charge in [0.1, 0.15) is 5.75 Å². The Hall–Kier alpha value is -1.50. The van der Waals surface area contributed by atoms with Crippen molar-refractivity contribution in [1.29, 1.82) is 0 Å². The van der Waals surface area contributed by atoms with Gasteiger partial charge in [0.15, 0.2) is 0 Å². The maximum Gasteiger partial charge on any atom is 0.390 e. The molecular weight excluding hydrogens is 341 g/mol. The molecule has 2 aromatic rings. The summed E-state index contributed by atoms with van der Waals surface area (Å²) in [7, 11) is 0. The lowest BCUT2D eigenvalue weighted by atomic mass is 9.97. The van der Waals surface area contributed by atoms with Crippen LogP contribution < -0.4 is 5.32 Å². The van der Waals surface area contributed by atoms with Crippen LogP contribution >= 0.6 is 12.4 Å². The number of aromatic hydroxyl groups is 1. The molecule has 1 atom stereocenters. The Labute approximate surface area is 144 Å². The van der Waals surface area contributed by atoms with Crippen LogP contribution in [-0.2, 0) is 0 Å². The van der Waals surface area contributed by atoms with E-state index in [1.54, 1.807) is 36.4 Å². The number of nitrogens with zero attached hydrogens (tertiary/aromatic N) is 1. The van der Waals surface area contributed by atoms with Gasteiger partial charge in [0.05, 0.1) is 6.42 Å². The van der Waals surface area contributed by atoms with E-state index in [0.717, 1.165) is 10.8 Å². The van der Waals surface area contributed by atoms with Crippen molar-refractivity contribution in [2.75, 3.05) is 26.2 Å². The predicted molar refractivity (Wildman–Crippen MR) is 90.7 cm³/mol. The Balaban J connectivity index is 0.00000208. The third-order valence-electron chi connectivity index (χ3n) is 4.25. The highest BCUT2D eigenvalue weighted by Crippen LogP contribution is 2.35. The van der Waals surface area contributed by atoms with Crippen LogP contribution in [0.2, 0.25) is 0 Å². The molecule has 1 saturated heterocycles. The van der Waals surface area contributed by atoms with Crippen molar-refractivity contribution >= 4 is 23.2 Å². The monoisotopic (exact) mass is 360 g/mol. The zero-order valence-electron chi connectivity index (χ0n) is 13.0. The smallest absolute Gasteiger partial charge is 0.390 e. The highest BCUT2D eigenvalue weighted by molar-refractivity contribution is 5.85. The van der Waals surface area contributed by atoms with Crippen molar-refractivity contribution in [1.82, 2.24) is 10.2 Å². The minimum absolute atomic E-state index is 0. The van der Waals surface area contributed by atoms with Crippen molar-refractivity contribution in [2.45, 2.75) is 18.6 Å². The summed E-state index contributed by atoms with van der Waals surface area (Å²) >= 11 is 0. The normalized spacial score (nSPS) is 17.5. The molecule has 0 amide bonds. The topological polar surface area (TPSA) is 35.5 Å². The van der Waals surface area contributed by atoms with Gasteiger partial charge in [0, 0.05) is 32.2 Å². The SMILES string of the molecule is Cl.Oc1ccc2cc([C@@H](CC(F)(F)F)N3CCNCC3)ccc2c1. The number of hydrogen-bond acceptors (Lipinski definition) is 3. The van der Waals surface area contributed by atoms with Gasteiger partial charge < -0.3 is 10.4 Å². The molecular formula is C17H20ClF3N2O. The summed E-state index contributed by atoms with van der Waals surface area (Å²) in [6.45, 7) is 2.62. The van der Waals surface area contributed by atoms with Gasteiger partial charge >= 0.3 is 6.18 Å². The number of nitrogens with one attached hydrogen (secondary N) is 1. The average molecular weight is 361 g/mol. The van der Waals surface area contributed by atoms with E-state index in [1.807, 2.05) is 4.90 Å². The molecule has 0 unspecified atom stereocenters. The molecule has 2 aromatic carbocycles. The zero-order chi connectivity index (χ0) is 16.4. The molecule has 0 spiro atoms. The number of alkyl halides is 3. The third kappa shape index (κ3) is 4.53. The molecule has 3 nitrogen and oxygen atoms in total. The third-order valence-corrected chi connectivity index (χ3v) is 4.25. The number of fused-ring (bicyclic) bond motifs is 1. The van der Waals surface area contributed by atoms with E-state index in [2.05, 4.69) is 5.32 Å². The van der Waals surface area contributed by atoms with E-state index in [-0.39, 0.29) is 18.2 Å². The standard InChI is InChI=1S/C17H19F3N2O.ClH/c18-17(19,20)11-16(22-7-5-21-6-8-22)14-2-1-13-10-15(23)4-3-12(13)9-14;/h1-4,9-10,16,21,23H,5-8,11H2;1H/t16-;/m1./s1. The lowest BCUT2D eigenvalue weighted by Gasteiger charge is -2.35. The first-order chi connectivity index (χ1) is 10.9. The van der Waals surface area contributed by atoms with Gasteiger partial charge in [-0.2, -0.15) is 13.2 Å². The molecule has 132 valence electrons. The molecule has 1 heterocycles. The van der Waals surface area contributed by atoms with Gasteiger partial charge in [-0.05, 0) is 34.5 Å². The fourth-order valence-corrected chi connectivity index (χ4v) is 3.13. The Morgan fingerprint density at radius 3 is 2.33 bits per heavy atom. The number of hydrogen-bond donors (Lipinski definition) is 2. The van der Waals surface area contributed by atoms with Crippen molar-refractivity contribution in [3.05, 3.63) is 42.0 Å². The zero-order valence-corrected chi connectivity index (χ0v) is 13.8. The fourth-order valence-electron chi connectivity index (χ4n) is 3.13. The van der Waals surface area contributed by atoms with Gasteiger partial charge in [-0.3, -0.25) is 4.90 Å². The van der Waals surface area contributed by atoms with Gasteiger partial charge in [-0.15, -0.1) is 12.4 Å². The predicted octanol–water partition coefficient (Wildman–Crippen LogP) is 3.87. The quantitative estimate of drug-likeness (QED) is 0.872. The van der Waals surface area contributed by atoms with Crippen LogP contribution in [0.5, 0.6) is 5.75 Å². The van der Waals surface area contributed by atoms with Crippen molar-refractivity contribution in [2.24, 2.45) is 0 Å². The van der Waals surface area contributed by atoms with Crippen LogP contribution in [0.3, 0.4) is 0 Å². The van der Waals surface area contributed by atoms with Crippen LogP contribution in [0.25, 0.3) is 10.8 Å². The number of halogens is 4. The van der Waals surface area contributed by atoms with Gasteiger partial charge in [0.2, 0.25) is 0 Å². The van der Waals surface area contributed by atoms with Gasteiger partial charge in [0.25, 0.3) is 0 Å². The van der Waals surface area contributed by atoms with E-state index in [0.29, 0.717) is 31.7 Å². The van der Waals surface area contributed by atoms with Crippen LogP contribution in [-0.4, -0.2) is 42.4 Å². The van der Waals surface area contributed by atoms with E-state index in [1.165, 1.54) is 0 Å². The van der Waals surface area contributed by atoms with Crippen LogP contribution in [0.15, 0.2) is 36.4 Å². The second kappa shape index (κ2) is 7.59. The molecule has 0 bridgehead atoms. The molecule has 1 aliphatic heterocycles. The number of benzene rings is 2. The minimum atomic E-state index is -4.21. The van der Waals surface area contributed by atoms with Crippen LogP contribution in [0, 0.1) is 0 Å². The second-order valence-corrected chi connectivity index (χ2v) is 5.91. The molecule has 0 radical (unpaired) electrons. The van der Waals surface area contributed by atoms with E-state index >= 15 is 0 Å². The van der Waals surface area contributed by atoms with Crippen molar-refractivity contribution < 1.29 is 18.3 Å². The second-order valence-electron chi connectivity index (χ2n) is 5.91. The van der Waals surface area contributed by atoms with E-state index < -0.39 is 18.6 Å². The first kappa shape index (κ1) is 18.8. The molecule has 0 aromatic heterocycles. The fraction of sp³-hybridized carbons (Fsp3) is 0.412. The Bertz CT molecular complexity index is 687. The summed E-state index contributed by atoms with van der Waals surface area (Å²) in [5.41, 5.74) is 0.669. The summed E-state index contributed by atoms with van der Waals surface area (Å²) in [5.74, 6) is 0.152. The summed E-state index contributed by atoms with van der Waals surface area (Å²) in [6, 6.07) is 9.54. The molecule has 24 heavy (non-hydrogen) atoms. The largest absolute Gasteiger partial charge is 0.508 e. The van der Waals surface area contributed by atoms with Crippen molar-refractivity contribution in [3.8, 4) is 5.75 Å². The maximum absolute atomic E-state index is 13.0. The average Bonchev–Trinajstić information content (AvgIpc) is 2.52. The first-order valence-corrected chi connectivity index (χ1v) is 7.66. The van der Waals surface area contributed by atoms with E-state index in [9.17, 15) is 18.3 Å². The number of piperazine rings is 1. The summed E-state index contributed by atoms with van der Waals surface area (Å²) in [5, 5.41) is 14.3. The molecule has 3 rings (SSSR count). The van der Waals surface area contributed by atoms with Crippen molar-refractivity contribution in [3.63, 3.8) is 0 Å². The lowest BCUT2D eigenvalue weighted by Crippen LogP contribution is -2.46. The van der Waals surface area contributed by atoms with Crippen LogP contribution in [0.1, 0.15) is 18.0 Å². The molecule has 1 aliphatic rings. The molecule has 2 N–H and O–H groups in total. The Morgan fingerprint density at radius 1 is 1.04 bits per heavy atom. The number of rotatable bonds is 3. The maximum atomic E-state index is 13.0. The summed E-state index contributed by atoms with van der Waals surface area (Å²) in [4.78, 5) is 1.89. The van der Waals surface area contributed by atoms with Gasteiger partial charge in [-0.25, -0.2) is 0 Å². The first-order valence-electron chi connectivity index (χ1n) is 7.66.